The lowest BCUT2D eigenvalue weighted by atomic mass is 10.1. The number of anilines is 12. The highest BCUT2D eigenvalue weighted by molar-refractivity contribution is 5.81. The monoisotopic (exact) mass is 713 g/mol. The third-order valence-corrected chi connectivity index (χ3v) is 9.50. The number of para-hydroxylation sites is 2. The maximum Gasteiger partial charge on any atom is 0.0463 e. The molecule has 0 unspecified atom stereocenters. The Balaban J connectivity index is 1.03. The molecule has 0 spiro atoms. The second kappa shape index (κ2) is 16.2. The summed E-state index contributed by atoms with van der Waals surface area (Å²) in [7, 11) is 0. The van der Waals surface area contributed by atoms with Gasteiger partial charge in [-0.2, -0.15) is 0 Å². The zero-order valence-corrected chi connectivity index (χ0v) is 31.0. The second-order valence-corrected chi connectivity index (χ2v) is 13.6. The van der Waals surface area contributed by atoms with Crippen molar-refractivity contribution in [2.24, 2.45) is 0 Å². The van der Waals surface area contributed by atoms with Crippen LogP contribution in [0.5, 0.6) is 0 Å². The van der Waals surface area contributed by atoms with E-state index < -0.39 is 0 Å². The predicted molar refractivity (Wildman–Crippen MR) is 234 cm³/mol. The van der Waals surface area contributed by atoms with Crippen LogP contribution in [0.15, 0.2) is 206 Å². The van der Waals surface area contributed by atoms with Crippen LogP contribution in [0.1, 0.15) is 11.1 Å². The van der Waals surface area contributed by atoms with Crippen molar-refractivity contribution < 1.29 is 0 Å². The molecule has 0 aliphatic rings. The molecule has 0 saturated heterocycles. The standard InChI is InChI=1S/C50H43N5/c1-37-13-17-39(18-14-37)51-41-23-31-48(32-24-41)55(49-33-25-42(26-34-49)52-40-19-15-38(2)16-20-40)50-35-27-44(28-36-50)53-43-21-29-47(30-22-43)54(45-9-5-3-6-10-45)46-11-7-4-8-12-46/h3-36,51-53H,1-2H3. The Labute approximate surface area is 324 Å². The minimum absolute atomic E-state index is 1.01. The highest BCUT2D eigenvalue weighted by atomic mass is 15.1. The zero-order chi connectivity index (χ0) is 37.4. The summed E-state index contributed by atoms with van der Waals surface area (Å²) in [6.07, 6.45) is 0. The van der Waals surface area contributed by atoms with Crippen LogP contribution in [0, 0.1) is 13.8 Å². The van der Waals surface area contributed by atoms with Gasteiger partial charge in [0, 0.05) is 68.2 Å². The van der Waals surface area contributed by atoms with Crippen LogP contribution >= 0.6 is 0 Å². The fourth-order valence-corrected chi connectivity index (χ4v) is 6.60. The van der Waals surface area contributed by atoms with E-state index in [1.54, 1.807) is 0 Å². The summed E-state index contributed by atoms with van der Waals surface area (Å²) in [4.78, 5) is 4.55. The van der Waals surface area contributed by atoms with Gasteiger partial charge in [0.15, 0.2) is 0 Å². The van der Waals surface area contributed by atoms with Crippen molar-refractivity contribution in [2.75, 3.05) is 25.8 Å². The number of benzene rings is 8. The van der Waals surface area contributed by atoms with Gasteiger partial charge < -0.3 is 25.8 Å². The van der Waals surface area contributed by atoms with Crippen molar-refractivity contribution in [1.82, 2.24) is 0 Å². The molecule has 0 aliphatic heterocycles. The predicted octanol–water partition coefficient (Wildman–Crippen LogP) is 14.5. The first-order valence-corrected chi connectivity index (χ1v) is 18.6. The molecule has 8 aromatic rings. The molecule has 0 aromatic heterocycles. The number of aryl methyl sites for hydroxylation is 2. The molecule has 5 heteroatoms. The maximum atomic E-state index is 3.61. The Hall–Kier alpha value is -7.24. The zero-order valence-electron chi connectivity index (χ0n) is 31.0. The van der Waals surface area contributed by atoms with E-state index in [-0.39, 0.29) is 0 Å². The number of nitrogens with one attached hydrogen (secondary N) is 3. The summed E-state index contributed by atoms with van der Waals surface area (Å²) in [5.74, 6) is 0. The van der Waals surface area contributed by atoms with Crippen LogP contribution in [0.4, 0.5) is 68.2 Å². The molecule has 0 bridgehead atoms. The van der Waals surface area contributed by atoms with Gasteiger partial charge in [0.25, 0.3) is 0 Å². The third kappa shape index (κ3) is 8.54. The number of hydrogen-bond donors (Lipinski definition) is 3. The first-order chi connectivity index (χ1) is 27.0. The van der Waals surface area contributed by atoms with Crippen molar-refractivity contribution in [3.8, 4) is 0 Å². The van der Waals surface area contributed by atoms with Gasteiger partial charge in [0.2, 0.25) is 0 Å². The van der Waals surface area contributed by atoms with E-state index in [1.807, 2.05) is 12.1 Å². The van der Waals surface area contributed by atoms with E-state index in [0.29, 0.717) is 0 Å². The fraction of sp³-hybridized carbons (Fsp3) is 0.0400. The van der Waals surface area contributed by atoms with Gasteiger partial charge in [-0.1, -0.05) is 71.8 Å². The van der Waals surface area contributed by atoms with Crippen molar-refractivity contribution in [3.05, 3.63) is 217 Å². The second-order valence-electron chi connectivity index (χ2n) is 13.6. The summed E-state index contributed by atoms with van der Waals surface area (Å²) in [6, 6.07) is 72.2. The lowest BCUT2D eigenvalue weighted by Gasteiger charge is -2.26. The minimum Gasteiger partial charge on any atom is -0.356 e. The summed E-state index contributed by atoms with van der Waals surface area (Å²) < 4.78 is 0. The molecule has 8 aromatic carbocycles. The topological polar surface area (TPSA) is 42.6 Å². The van der Waals surface area contributed by atoms with Gasteiger partial charge >= 0.3 is 0 Å². The maximum absolute atomic E-state index is 3.61. The van der Waals surface area contributed by atoms with Crippen molar-refractivity contribution in [3.63, 3.8) is 0 Å². The van der Waals surface area contributed by atoms with Crippen molar-refractivity contribution in [1.29, 1.82) is 0 Å². The molecule has 0 aliphatic carbocycles. The van der Waals surface area contributed by atoms with Gasteiger partial charge in [-0.15, -0.1) is 0 Å². The molecule has 5 nitrogen and oxygen atoms in total. The molecular weight excluding hydrogens is 671 g/mol. The number of rotatable bonds is 12. The van der Waals surface area contributed by atoms with Gasteiger partial charge in [0.05, 0.1) is 0 Å². The van der Waals surface area contributed by atoms with Gasteiger partial charge in [-0.05, 0) is 159 Å². The van der Waals surface area contributed by atoms with Gasteiger partial charge in [-0.3, -0.25) is 0 Å². The molecule has 55 heavy (non-hydrogen) atoms. The van der Waals surface area contributed by atoms with Gasteiger partial charge in [-0.25, -0.2) is 0 Å². The first kappa shape index (κ1) is 34.8. The van der Waals surface area contributed by atoms with Gasteiger partial charge in [0.1, 0.15) is 0 Å². The van der Waals surface area contributed by atoms with Crippen LogP contribution in [-0.2, 0) is 0 Å². The molecule has 8 rings (SSSR count). The third-order valence-electron chi connectivity index (χ3n) is 9.50. The SMILES string of the molecule is Cc1ccc(Nc2ccc(N(c3ccc(Nc4ccc(C)cc4)cc3)c3ccc(Nc4ccc(N(c5ccccc5)c5ccccc5)cc4)cc3)cc2)cc1. The molecule has 268 valence electrons. The Morgan fingerprint density at radius 3 is 0.673 bits per heavy atom. The van der Waals surface area contributed by atoms with Crippen LogP contribution in [0.3, 0.4) is 0 Å². The van der Waals surface area contributed by atoms with Crippen molar-refractivity contribution in [2.45, 2.75) is 13.8 Å². The normalized spacial score (nSPS) is 10.7. The number of nitrogens with zero attached hydrogens (tertiary/aromatic N) is 2. The van der Waals surface area contributed by atoms with Crippen LogP contribution in [0.2, 0.25) is 0 Å². The summed E-state index contributed by atoms with van der Waals surface area (Å²) in [6.45, 7) is 4.20. The van der Waals surface area contributed by atoms with Crippen molar-refractivity contribution >= 4 is 68.2 Å². The van der Waals surface area contributed by atoms with E-state index in [9.17, 15) is 0 Å². The first-order valence-electron chi connectivity index (χ1n) is 18.6. The summed E-state index contributed by atoms with van der Waals surface area (Å²) in [5.41, 5.74) is 15.2. The smallest absolute Gasteiger partial charge is 0.0463 e. The quantitative estimate of drug-likeness (QED) is 0.118. The lowest BCUT2D eigenvalue weighted by molar-refractivity contribution is 1.28. The molecule has 0 saturated carbocycles. The highest BCUT2D eigenvalue weighted by Crippen LogP contribution is 2.38. The summed E-state index contributed by atoms with van der Waals surface area (Å²) in [5, 5.41) is 10.7. The molecule has 0 heterocycles. The van der Waals surface area contributed by atoms with Crippen LogP contribution in [-0.4, -0.2) is 0 Å². The van der Waals surface area contributed by atoms with E-state index in [2.05, 4.69) is 234 Å². The largest absolute Gasteiger partial charge is 0.356 e. The Morgan fingerprint density at radius 2 is 0.436 bits per heavy atom. The van der Waals surface area contributed by atoms with Crippen LogP contribution in [0.25, 0.3) is 0 Å². The molecule has 0 atom stereocenters. The highest BCUT2D eigenvalue weighted by Gasteiger charge is 2.14. The summed E-state index contributed by atoms with van der Waals surface area (Å²) >= 11 is 0. The average Bonchev–Trinajstić information content (AvgIpc) is 3.23. The Kier molecular flexibility index (Phi) is 10.3. The molecule has 0 amide bonds. The van der Waals surface area contributed by atoms with E-state index in [4.69, 9.17) is 0 Å². The molecule has 0 radical (unpaired) electrons. The number of hydrogen-bond acceptors (Lipinski definition) is 5. The van der Waals surface area contributed by atoms with Crippen LogP contribution < -0.4 is 25.8 Å². The molecular formula is C50H43N5. The molecule has 3 N–H and O–H groups in total. The minimum atomic E-state index is 1.01. The molecule has 0 fully saturated rings. The Morgan fingerprint density at radius 1 is 0.236 bits per heavy atom. The van der Waals surface area contributed by atoms with E-state index in [0.717, 1.165) is 68.2 Å². The Bertz CT molecular complexity index is 2280. The fourth-order valence-electron chi connectivity index (χ4n) is 6.60. The average molecular weight is 714 g/mol. The van der Waals surface area contributed by atoms with E-state index in [1.165, 1.54) is 11.1 Å². The lowest BCUT2D eigenvalue weighted by Crippen LogP contribution is -2.10. The van der Waals surface area contributed by atoms with E-state index >= 15 is 0 Å².